The van der Waals surface area contributed by atoms with Crippen LogP contribution in [0.3, 0.4) is 0 Å². The molecule has 2 heterocycles. The number of amides is 1. The van der Waals surface area contributed by atoms with E-state index in [9.17, 15) is 4.79 Å². The number of nitrogens with one attached hydrogen (secondary N) is 1. The van der Waals surface area contributed by atoms with Gasteiger partial charge in [-0.3, -0.25) is 4.79 Å². The number of hydrogen-bond donors (Lipinski definition) is 1. The Kier molecular flexibility index (Phi) is 4.29. The van der Waals surface area contributed by atoms with Crippen LogP contribution in [0, 0.1) is 13.8 Å². The van der Waals surface area contributed by atoms with Crippen molar-refractivity contribution in [1.29, 1.82) is 0 Å². The molecule has 1 aromatic heterocycles. The van der Waals surface area contributed by atoms with E-state index in [0.717, 1.165) is 42.1 Å². The Labute approximate surface area is 131 Å². The highest BCUT2D eigenvalue weighted by atomic mass is 16.5. The van der Waals surface area contributed by atoms with Crippen LogP contribution in [0.25, 0.3) is 5.69 Å². The van der Waals surface area contributed by atoms with Gasteiger partial charge in [-0.05, 0) is 44.9 Å². The molecule has 0 spiro atoms. The molecule has 116 valence electrons. The number of hydrogen-bond acceptors (Lipinski definition) is 2. The molecule has 1 saturated heterocycles. The van der Waals surface area contributed by atoms with Gasteiger partial charge in [-0.1, -0.05) is 18.2 Å². The Hall–Kier alpha value is -2.07. The molecule has 1 aliphatic rings. The van der Waals surface area contributed by atoms with Crippen LogP contribution in [-0.2, 0) is 4.74 Å². The van der Waals surface area contributed by atoms with E-state index >= 15 is 0 Å². The Balaban J connectivity index is 1.78. The minimum Gasteiger partial charge on any atom is -0.376 e. The van der Waals surface area contributed by atoms with Crippen molar-refractivity contribution in [1.82, 2.24) is 9.88 Å². The summed E-state index contributed by atoms with van der Waals surface area (Å²) in [5.41, 5.74) is 3.84. The van der Waals surface area contributed by atoms with Gasteiger partial charge in [-0.15, -0.1) is 0 Å². The van der Waals surface area contributed by atoms with Gasteiger partial charge in [-0.25, -0.2) is 0 Å². The zero-order valence-corrected chi connectivity index (χ0v) is 13.1. The minimum absolute atomic E-state index is 0.0224. The van der Waals surface area contributed by atoms with Gasteiger partial charge in [0.15, 0.2) is 0 Å². The average molecular weight is 298 g/mol. The fourth-order valence-electron chi connectivity index (χ4n) is 3.07. The number of rotatable bonds is 4. The first-order chi connectivity index (χ1) is 10.7. The first-order valence-electron chi connectivity index (χ1n) is 7.81. The first kappa shape index (κ1) is 14.9. The van der Waals surface area contributed by atoms with E-state index in [1.807, 2.05) is 50.2 Å². The third-order valence-corrected chi connectivity index (χ3v) is 4.20. The molecule has 4 heteroatoms. The molecule has 1 amide bonds. The molecule has 0 saturated carbocycles. The van der Waals surface area contributed by atoms with Crippen molar-refractivity contribution in [2.45, 2.75) is 32.8 Å². The molecule has 3 rings (SSSR count). The molecule has 4 nitrogen and oxygen atoms in total. The third-order valence-electron chi connectivity index (χ3n) is 4.20. The number of carbonyl (C=O) groups is 1. The quantitative estimate of drug-likeness (QED) is 0.943. The summed E-state index contributed by atoms with van der Waals surface area (Å²) in [5, 5.41) is 3.00. The molecule has 1 fully saturated rings. The van der Waals surface area contributed by atoms with Crippen LogP contribution in [0.2, 0.25) is 0 Å². The summed E-state index contributed by atoms with van der Waals surface area (Å²) < 4.78 is 7.66. The molecule has 22 heavy (non-hydrogen) atoms. The highest BCUT2D eigenvalue weighted by Crippen LogP contribution is 2.20. The number of carbonyl (C=O) groups excluding carboxylic acids is 1. The Morgan fingerprint density at radius 2 is 2.09 bits per heavy atom. The summed E-state index contributed by atoms with van der Waals surface area (Å²) in [6.45, 7) is 5.41. The van der Waals surface area contributed by atoms with E-state index in [4.69, 9.17) is 4.74 Å². The second-order valence-corrected chi connectivity index (χ2v) is 5.80. The predicted molar refractivity (Wildman–Crippen MR) is 86.6 cm³/mol. The summed E-state index contributed by atoms with van der Waals surface area (Å²) >= 11 is 0. The highest BCUT2D eigenvalue weighted by molar-refractivity contribution is 5.95. The number of nitrogens with zero attached hydrogens (tertiary/aromatic N) is 1. The lowest BCUT2D eigenvalue weighted by molar-refractivity contribution is 0.0857. The summed E-state index contributed by atoms with van der Waals surface area (Å²) in [4.78, 5) is 12.4. The smallest absolute Gasteiger partial charge is 0.253 e. The van der Waals surface area contributed by atoms with Crippen molar-refractivity contribution >= 4 is 5.91 Å². The Morgan fingerprint density at radius 1 is 1.32 bits per heavy atom. The zero-order chi connectivity index (χ0) is 15.5. The van der Waals surface area contributed by atoms with Crippen LogP contribution in [0.4, 0.5) is 0 Å². The molecule has 2 aromatic rings. The van der Waals surface area contributed by atoms with Gasteiger partial charge in [0.25, 0.3) is 5.91 Å². The third kappa shape index (κ3) is 2.92. The number of benzene rings is 1. The monoisotopic (exact) mass is 298 g/mol. The van der Waals surface area contributed by atoms with Gasteiger partial charge < -0.3 is 14.6 Å². The Morgan fingerprint density at radius 3 is 2.77 bits per heavy atom. The van der Waals surface area contributed by atoms with Crippen molar-refractivity contribution in [2.75, 3.05) is 13.2 Å². The summed E-state index contributed by atoms with van der Waals surface area (Å²) in [7, 11) is 0. The van der Waals surface area contributed by atoms with Crippen LogP contribution in [-0.4, -0.2) is 29.7 Å². The second-order valence-electron chi connectivity index (χ2n) is 5.80. The molecule has 1 aromatic carbocycles. The normalized spacial score (nSPS) is 17.6. The molecular formula is C18H22N2O2. The molecule has 1 atom stereocenters. The van der Waals surface area contributed by atoms with Gasteiger partial charge in [0.05, 0.1) is 11.7 Å². The fourth-order valence-corrected chi connectivity index (χ4v) is 3.07. The summed E-state index contributed by atoms with van der Waals surface area (Å²) in [6.07, 6.45) is 2.29. The average Bonchev–Trinajstić information content (AvgIpc) is 3.14. The van der Waals surface area contributed by atoms with Gasteiger partial charge in [0, 0.05) is 30.2 Å². The lowest BCUT2D eigenvalue weighted by Crippen LogP contribution is -2.32. The van der Waals surface area contributed by atoms with Crippen molar-refractivity contribution < 1.29 is 9.53 Å². The Bertz CT molecular complexity index is 655. The van der Waals surface area contributed by atoms with Crippen LogP contribution >= 0.6 is 0 Å². The number of aryl methyl sites for hydroxylation is 1. The highest BCUT2D eigenvalue weighted by Gasteiger charge is 2.19. The lowest BCUT2D eigenvalue weighted by atomic mass is 10.2. The number of ether oxygens (including phenoxy) is 1. The van der Waals surface area contributed by atoms with E-state index in [-0.39, 0.29) is 12.0 Å². The molecule has 1 aliphatic heterocycles. The molecule has 1 unspecified atom stereocenters. The molecule has 0 radical (unpaired) electrons. The van der Waals surface area contributed by atoms with Crippen molar-refractivity contribution in [3.63, 3.8) is 0 Å². The number of aromatic nitrogens is 1. The van der Waals surface area contributed by atoms with Crippen molar-refractivity contribution in [2.24, 2.45) is 0 Å². The molecule has 1 N–H and O–H groups in total. The van der Waals surface area contributed by atoms with Gasteiger partial charge in [0.1, 0.15) is 0 Å². The van der Waals surface area contributed by atoms with Crippen LogP contribution in [0.15, 0.2) is 36.4 Å². The molecule has 0 aliphatic carbocycles. The maximum Gasteiger partial charge on any atom is 0.253 e. The number of para-hydroxylation sites is 1. The zero-order valence-electron chi connectivity index (χ0n) is 13.1. The van der Waals surface area contributed by atoms with Crippen LogP contribution in [0.1, 0.15) is 34.6 Å². The summed E-state index contributed by atoms with van der Waals surface area (Å²) in [5.74, 6) is -0.0224. The van der Waals surface area contributed by atoms with E-state index < -0.39 is 0 Å². The van der Waals surface area contributed by atoms with Gasteiger partial charge >= 0.3 is 0 Å². The van der Waals surface area contributed by atoms with E-state index in [0.29, 0.717) is 6.54 Å². The van der Waals surface area contributed by atoms with Gasteiger partial charge in [0.2, 0.25) is 0 Å². The SMILES string of the molecule is Cc1cc(C(=O)NCC2CCCO2)c(C)n1-c1ccccc1. The maximum absolute atomic E-state index is 12.4. The lowest BCUT2D eigenvalue weighted by Gasteiger charge is -2.12. The topological polar surface area (TPSA) is 43.3 Å². The van der Waals surface area contributed by atoms with Gasteiger partial charge in [-0.2, -0.15) is 0 Å². The minimum atomic E-state index is -0.0224. The predicted octanol–water partition coefficient (Wildman–Crippen LogP) is 3.00. The first-order valence-corrected chi connectivity index (χ1v) is 7.81. The van der Waals surface area contributed by atoms with Crippen LogP contribution < -0.4 is 5.32 Å². The van der Waals surface area contributed by atoms with Crippen LogP contribution in [0.5, 0.6) is 0 Å². The largest absolute Gasteiger partial charge is 0.376 e. The summed E-state index contributed by atoms with van der Waals surface area (Å²) in [6, 6.07) is 12.1. The molecule has 0 bridgehead atoms. The maximum atomic E-state index is 12.4. The van der Waals surface area contributed by atoms with E-state index in [1.165, 1.54) is 0 Å². The fraction of sp³-hybridized carbons (Fsp3) is 0.389. The van der Waals surface area contributed by atoms with Crippen molar-refractivity contribution in [3.8, 4) is 5.69 Å². The molecular weight excluding hydrogens is 276 g/mol. The van der Waals surface area contributed by atoms with Crippen molar-refractivity contribution in [3.05, 3.63) is 53.3 Å². The van der Waals surface area contributed by atoms with E-state index in [1.54, 1.807) is 0 Å². The standard InChI is InChI=1S/C18H22N2O2/c1-13-11-17(18(21)19-12-16-9-6-10-22-16)14(2)20(13)15-7-4-3-5-8-15/h3-5,7-8,11,16H,6,9-10,12H2,1-2H3,(H,19,21). The van der Waals surface area contributed by atoms with E-state index in [2.05, 4.69) is 9.88 Å². The second kappa shape index (κ2) is 6.36.